The Labute approximate surface area is 107 Å². The van der Waals surface area contributed by atoms with Gasteiger partial charge < -0.3 is 5.32 Å². The third-order valence-electron chi connectivity index (χ3n) is 2.83. The fourth-order valence-corrected chi connectivity index (χ4v) is 1.72. The highest BCUT2D eigenvalue weighted by Gasteiger charge is 2.08. The molecule has 0 atom stereocenters. The van der Waals surface area contributed by atoms with E-state index in [0.717, 1.165) is 11.3 Å². The van der Waals surface area contributed by atoms with Gasteiger partial charge in [-0.05, 0) is 5.56 Å². The van der Waals surface area contributed by atoms with Gasteiger partial charge in [0.25, 0.3) is 0 Å². The van der Waals surface area contributed by atoms with Crippen LogP contribution in [0.4, 0.5) is 0 Å². The van der Waals surface area contributed by atoms with E-state index in [1.165, 1.54) is 0 Å². The maximum absolute atomic E-state index is 12.2. The van der Waals surface area contributed by atoms with Crippen molar-refractivity contribution in [3.8, 4) is 0 Å². The summed E-state index contributed by atoms with van der Waals surface area (Å²) < 4.78 is 0. The van der Waals surface area contributed by atoms with Gasteiger partial charge in [0.15, 0.2) is 5.78 Å². The standard InChI is InChI=1S/C16H15NO/c1-12(17-2)13-8-10-15(11-9-13)16(18)14-6-4-3-5-7-14/h3-11,17H,1H2,2H3. The Kier molecular flexibility index (Phi) is 3.58. The molecule has 0 aliphatic heterocycles. The number of nitrogens with one attached hydrogen (secondary N) is 1. The molecule has 0 bridgehead atoms. The van der Waals surface area contributed by atoms with Crippen molar-refractivity contribution in [3.63, 3.8) is 0 Å². The summed E-state index contributed by atoms with van der Waals surface area (Å²) in [5.41, 5.74) is 3.22. The Hall–Kier alpha value is -2.35. The van der Waals surface area contributed by atoms with Gasteiger partial charge in [-0.25, -0.2) is 0 Å². The van der Waals surface area contributed by atoms with Crippen LogP contribution in [-0.2, 0) is 0 Å². The second-order valence-corrected chi connectivity index (χ2v) is 4.00. The summed E-state index contributed by atoms with van der Waals surface area (Å²) >= 11 is 0. The van der Waals surface area contributed by atoms with Crippen molar-refractivity contribution in [2.75, 3.05) is 7.05 Å². The summed E-state index contributed by atoms with van der Waals surface area (Å²) in [6, 6.07) is 16.7. The van der Waals surface area contributed by atoms with Crippen LogP contribution in [0.1, 0.15) is 21.5 Å². The molecule has 2 aromatic carbocycles. The maximum Gasteiger partial charge on any atom is 0.193 e. The number of rotatable bonds is 4. The van der Waals surface area contributed by atoms with Crippen molar-refractivity contribution in [2.45, 2.75) is 0 Å². The van der Waals surface area contributed by atoms with Crippen molar-refractivity contribution in [3.05, 3.63) is 77.9 Å². The Balaban J connectivity index is 2.25. The lowest BCUT2D eigenvalue weighted by molar-refractivity contribution is 0.103. The van der Waals surface area contributed by atoms with Crippen LogP contribution in [-0.4, -0.2) is 12.8 Å². The topological polar surface area (TPSA) is 29.1 Å². The third-order valence-corrected chi connectivity index (χ3v) is 2.83. The smallest absolute Gasteiger partial charge is 0.193 e. The zero-order valence-corrected chi connectivity index (χ0v) is 10.3. The van der Waals surface area contributed by atoms with Crippen molar-refractivity contribution < 1.29 is 4.79 Å². The first kappa shape index (κ1) is 12.1. The van der Waals surface area contributed by atoms with E-state index in [2.05, 4.69) is 11.9 Å². The van der Waals surface area contributed by atoms with Crippen LogP contribution in [0.5, 0.6) is 0 Å². The number of benzene rings is 2. The lowest BCUT2D eigenvalue weighted by atomic mass is 10.0. The summed E-state index contributed by atoms with van der Waals surface area (Å²) in [7, 11) is 1.82. The number of hydrogen-bond donors (Lipinski definition) is 1. The van der Waals surface area contributed by atoms with E-state index in [1.807, 2.05) is 61.6 Å². The highest BCUT2D eigenvalue weighted by molar-refractivity contribution is 6.09. The Morgan fingerprint density at radius 1 is 0.889 bits per heavy atom. The van der Waals surface area contributed by atoms with Crippen LogP contribution in [0, 0.1) is 0 Å². The first-order valence-corrected chi connectivity index (χ1v) is 5.79. The molecular weight excluding hydrogens is 222 g/mol. The second-order valence-electron chi connectivity index (χ2n) is 4.00. The summed E-state index contributed by atoms with van der Waals surface area (Å²) in [6.07, 6.45) is 0. The van der Waals surface area contributed by atoms with E-state index in [9.17, 15) is 4.79 Å². The quantitative estimate of drug-likeness (QED) is 0.828. The highest BCUT2D eigenvalue weighted by Crippen LogP contribution is 2.14. The van der Waals surface area contributed by atoms with E-state index in [4.69, 9.17) is 0 Å². The second kappa shape index (κ2) is 5.32. The molecular formula is C16H15NO. The van der Waals surface area contributed by atoms with Crippen LogP contribution in [0.15, 0.2) is 61.2 Å². The molecule has 0 radical (unpaired) electrons. The van der Waals surface area contributed by atoms with E-state index in [-0.39, 0.29) is 5.78 Å². The summed E-state index contributed by atoms with van der Waals surface area (Å²) in [5, 5.41) is 2.98. The van der Waals surface area contributed by atoms with E-state index in [0.29, 0.717) is 11.1 Å². The molecule has 0 amide bonds. The molecule has 2 heteroatoms. The van der Waals surface area contributed by atoms with E-state index >= 15 is 0 Å². The highest BCUT2D eigenvalue weighted by atomic mass is 16.1. The molecule has 0 aliphatic rings. The van der Waals surface area contributed by atoms with Gasteiger partial charge in [-0.3, -0.25) is 4.79 Å². The zero-order valence-electron chi connectivity index (χ0n) is 10.3. The van der Waals surface area contributed by atoms with Crippen LogP contribution in [0.2, 0.25) is 0 Å². The SMILES string of the molecule is C=C(NC)c1ccc(C(=O)c2ccccc2)cc1. The molecule has 0 unspecified atom stereocenters. The van der Waals surface area contributed by atoms with Crippen molar-refractivity contribution in [1.82, 2.24) is 5.32 Å². The number of carbonyl (C=O) groups excluding carboxylic acids is 1. The molecule has 18 heavy (non-hydrogen) atoms. The average Bonchev–Trinajstić information content (AvgIpc) is 2.47. The normalized spacial score (nSPS) is 9.83. The molecule has 0 fully saturated rings. The van der Waals surface area contributed by atoms with Gasteiger partial charge in [0.2, 0.25) is 0 Å². The van der Waals surface area contributed by atoms with Crippen LogP contribution < -0.4 is 5.32 Å². The third kappa shape index (κ3) is 2.48. The van der Waals surface area contributed by atoms with Crippen molar-refractivity contribution in [2.24, 2.45) is 0 Å². The summed E-state index contributed by atoms with van der Waals surface area (Å²) in [6.45, 7) is 3.88. The van der Waals surface area contributed by atoms with Gasteiger partial charge in [0.05, 0.1) is 0 Å². The van der Waals surface area contributed by atoms with Crippen LogP contribution >= 0.6 is 0 Å². The lowest BCUT2D eigenvalue weighted by Crippen LogP contribution is -2.04. The average molecular weight is 237 g/mol. The number of carbonyl (C=O) groups is 1. The zero-order chi connectivity index (χ0) is 13.0. The molecule has 0 saturated heterocycles. The molecule has 0 saturated carbocycles. The molecule has 1 N–H and O–H groups in total. The number of hydrogen-bond acceptors (Lipinski definition) is 2. The fourth-order valence-electron chi connectivity index (χ4n) is 1.72. The van der Waals surface area contributed by atoms with Crippen LogP contribution in [0.3, 0.4) is 0 Å². The Bertz CT molecular complexity index is 555. The minimum absolute atomic E-state index is 0.0391. The molecule has 2 rings (SSSR count). The first-order valence-electron chi connectivity index (χ1n) is 5.79. The minimum atomic E-state index is 0.0391. The molecule has 0 aromatic heterocycles. The summed E-state index contributed by atoms with van der Waals surface area (Å²) in [5.74, 6) is 0.0391. The minimum Gasteiger partial charge on any atom is -0.388 e. The molecule has 0 aliphatic carbocycles. The Morgan fingerprint density at radius 2 is 1.39 bits per heavy atom. The maximum atomic E-state index is 12.2. The lowest BCUT2D eigenvalue weighted by Gasteiger charge is -2.06. The van der Waals surface area contributed by atoms with Gasteiger partial charge in [-0.2, -0.15) is 0 Å². The van der Waals surface area contributed by atoms with Crippen LogP contribution in [0.25, 0.3) is 5.70 Å². The van der Waals surface area contributed by atoms with Crippen molar-refractivity contribution in [1.29, 1.82) is 0 Å². The monoisotopic (exact) mass is 237 g/mol. The van der Waals surface area contributed by atoms with Gasteiger partial charge >= 0.3 is 0 Å². The van der Waals surface area contributed by atoms with Gasteiger partial charge in [-0.15, -0.1) is 0 Å². The van der Waals surface area contributed by atoms with Gasteiger partial charge in [-0.1, -0.05) is 61.2 Å². The first-order chi connectivity index (χ1) is 8.72. The Morgan fingerprint density at radius 3 is 1.94 bits per heavy atom. The predicted octanol–water partition coefficient (Wildman–Crippen LogP) is 3.11. The van der Waals surface area contributed by atoms with E-state index < -0.39 is 0 Å². The fraction of sp³-hybridized carbons (Fsp3) is 0.0625. The molecule has 90 valence electrons. The molecule has 0 heterocycles. The molecule has 2 nitrogen and oxygen atoms in total. The number of ketones is 1. The molecule has 0 spiro atoms. The predicted molar refractivity (Wildman–Crippen MR) is 74.4 cm³/mol. The largest absolute Gasteiger partial charge is 0.388 e. The van der Waals surface area contributed by atoms with Gasteiger partial charge in [0.1, 0.15) is 0 Å². The molecule has 2 aromatic rings. The van der Waals surface area contributed by atoms with Gasteiger partial charge in [0, 0.05) is 23.9 Å². The van der Waals surface area contributed by atoms with Crippen molar-refractivity contribution >= 4 is 11.5 Å². The van der Waals surface area contributed by atoms with E-state index in [1.54, 1.807) is 0 Å². The summed E-state index contributed by atoms with van der Waals surface area (Å²) in [4.78, 5) is 12.2.